The molecule has 0 saturated heterocycles. The summed E-state index contributed by atoms with van der Waals surface area (Å²) in [4.78, 5) is 12.2. The van der Waals surface area contributed by atoms with Crippen molar-refractivity contribution in [2.45, 2.75) is 19.4 Å². The average molecular weight is 297 g/mol. The lowest BCUT2D eigenvalue weighted by Crippen LogP contribution is -2.38. The van der Waals surface area contributed by atoms with Crippen molar-refractivity contribution in [1.82, 2.24) is 5.32 Å². The Labute approximate surface area is 125 Å². The smallest absolute Gasteiger partial charge is 0.251 e. The van der Waals surface area contributed by atoms with Crippen LogP contribution < -0.4 is 14.8 Å². The van der Waals surface area contributed by atoms with E-state index in [4.69, 9.17) is 19.3 Å². The summed E-state index contributed by atoms with van der Waals surface area (Å²) in [6.45, 7) is 2.74. The fourth-order valence-electron chi connectivity index (χ4n) is 1.91. The number of carbonyl (C=O) groups is 1. The molecule has 21 heavy (non-hydrogen) atoms. The second-order valence-corrected chi connectivity index (χ2v) is 4.44. The minimum absolute atomic E-state index is 0.0130. The fraction of sp³-hybridized carbons (Fsp3) is 0.533. The number of hydrogen-bond acceptors (Lipinski definition) is 5. The van der Waals surface area contributed by atoms with Gasteiger partial charge in [0.05, 0.1) is 26.4 Å². The summed E-state index contributed by atoms with van der Waals surface area (Å²) < 4.78 is 15.6. The molecule has 1 rings (SSSR count). The predicted molar refractivity (Wildman–Crippen MR) is 79.0 cm³/mol. The minimum atomic E-state index is -0.244. The lowest BCUT2D eigenvalue weighted by atomic mass is 10.1. The highest BCUT2D eigenvalue weighted by Crippen LogP contribution is 2.28. The van der Waals surface area contributed by atoms with Crippen LogP contribution in [-0.4, -0.2) is 51.1 Å². The van der Waals surface area contributed by atoms with Gasteiger partial charge in [0, 0.05) is 19.3 Å². The molecule has 0 saturated carbocycles. The van der Waals surface area contributed by atoms with E-state index in [0.29, 0.717) is 36.7 Å². The van der Waals surface area contributed by atoms with Gasteiger partial charge in [-0.25, -0.2) is 0 Å². The number of aliphatic hydroxyl groups is 1. The number of carbonyl (C=O) groups excluding carboxylic acids is 1. The number of hydrogen-bond donors (Lipinski definition) is 2. The Hall–Kier alpha value is -1.79. The zero-order chi connectivity index (χ0) is 15.7. The summed E-state index contributed by atoms with van der Waals surface area (Å²) in [6.07, 6.45) is 0.438. The van der Waals surface area contributed by atoms with Crippen molar-refractivity contribution in [1.29, 1.82) is 0 Å². The zero-order valence-corrected chi connectivity index (χ0v) is 12.7. The molecule has 6 heteroatoms. The molecule has 1 aromatic carbocycles. The largest absolute Gasteiger partial charge is 0.493 e. The van der Waals surface area contributed by atoms with Crippen LogP contribution in [0.5, 0.6) is 11.5 Å². The van der Waals surface area contributed by atoms with Gasteiger partial charge in [-0.15, -0.1) is 0 Å². The number of nitrogens with one attached hydrogen (secondary N) is 1. The van der Waals surface area contributed by atoms with Crippen LogP contribution in [0, 0.1) is 0 Å². The van der Waals surface area contributed by atoms with Gasteiger partial charge >= 0.3 is 0 Å². The number of ether oxygens (including phenoxy) is 3. The Bertz CT molecular complexity index is 444. The quantitative estimate of drug-likeness (QED) is 0.716. The van der Waals surface area contributed by atoms with Gasteiger partial charge in [-0.1, -0.05) is 0 Å². The maximum absolute atomic E-state index is 12.2. The molecule has 0 heterocycles. The van der Waals surface area contributed by atoms with Gasteiger partial charge in [0.2, 0.25) is 0 Å². The third kappa shape index (κ3) is 5.24. The van der Waals surface area contributed by atoms with Gasteiger partial charge < -0.3 is 24.6 Å². The fourth-order valence-corrected chi connectivity index (χ4v) is 1.91. The van der Waals surface area contributed by atoms with Gasteiger partial charge in [0.15, 0.2) is 11.5 Å². The molecule has 1 aromatic rings. The third-order valence-corrected chi connectivity index (χ3v) is 2.91. The first kappa shape index (κ1) is 17.3. The Kier molecular flexibility index (Phi) is 7.56. The average Bonchev–Trinajstić information content (AvgIpc) is 2.48. The molecule has 2 N–H and O–H groups in total. The van der Waals surface area contributed by atoms with Crippen molar-refractivity contribution in [3.63, 3.8) is 0 Å². The first-order chi connectivity index (χ1) is 10.2. The van der Waals surface area contributed by atoms with Gasteiger partial charge in [-0.3, -0.25) is 4.79 Å². The van der Waals surface area contributed by atoms with E-state index >= 15 is 0 Å². The van der Waals surface area contributed by atoms with Gasteiger partial charge in [-0.2, -0.15) is 0 Å². The van der Waals surface area contributed by atoms with Crippen molar-refractivity contribution in [2.24, 2.45) is 0 Å². The molecule has 1 atom stereocenters. The van der Waals surface area contributed by atoms with Crippen LogP contribution in [0.1, 0.15) is 23.7 Å². The zero-order valence-electron chi connectivity index (χ0n) is 12.7. The van der Waals surface area contributed by atoms with Crippen LogP contribution >= 0.6 is 0 Å². The van der Waals surface area contributed by atoms with E-state index in [1.807, 2.05) is 6.92 Å². The Balaban J connectivity index is 2.81. The van der Waals surface area contributed by atoms with Crippen LogP contribution in [0.2, 0.25) is 0 Å². The molecule has 118 valence electrons. The van der Waals surface area contributed by atoms with Crippen LogP contribution in [0.4, 0.5) is 0 Å². The molecule has 0 fully saturated rings. The number of benzene rings is 1. The van der Waals surface area contributed by atoms with E-state index < -0.39 is 0 Å². The van der Waals surface area contributed by atoms with Gasteiger partial charge in [-0.05, 0) is 31.5 Å². The van der Waals surface area contributed by atoms with Crippen molar-refractivity contribution in [3.8, 4) is 11.5 Å². The molecular weight excluding hydrogens is 274 g/mol. The maximum atomic E-state index is 12.2. The van der Waals surface area contributed by atoms with Crippen molar-refractivity contribution in [3.05, 3.63) is 23.8 Å². The SMILES string of the molecule is CCOc1ccc(C(=O)NC(CCO)COC)cc1OC. The van der Waals surface area contributed by atoms with Crippen LogP contribution in [-0.2, 0) is 4.74 Å². The molecule has 0 bridgehead atoms. The van der Waals surface area contributed by atoms with Crippen molar-refractivity contribution < 1.29 is 24.1 Å². The molecule has 0 aliphatic heterocycles. The topological polar surface area (TPSA) is 77.0 Å². The summed E-state index contributed by atoms with van der Waals surface area (Å²) in [5.41, 5.74) is 0.467. The van der Waals surface area contributed by atoms with Crippen molar-refractivity contribution in [2.75, 3.05) is 34.0 Å². The highest BCUT2D eigenvalue weighted by atomic mass is 16.5. The molecule has 0 aromatic heterocycles. The van der Waals surface area contributed by atoms with Crippen LogP contribution in [0.15, 0.2) is 18.2 Å². The summed E-state index contributed by atoms with van der Waals surface area (Å²) in [5.74, 6) is 0.863. The second kappa shape index (κ2) is 9.20. The molecule has 0 spiro atoms. The number of methoxy groups -OCH3 is 2. The molecule has 0 radical (unpaired) electrons. The Morgan fingerprint density at radius 1 is 1.33 bits per heavy atom. The first-order valence-electron chi connectivity index (χ1n) is 6.87. The van der Waals surface area contributed by atoms with Crippen LogP contribution in [0.3, 0.4) is 0 Å². The number of rotatable bonds is 9. The van der Waals surface area contributed by atoms with E-state index in [9.17, 15) is 4.79 Å². The van der Waals surface area contributed by atoms with E-state index in [1.165, 1.54) is 7.11 Å². The molecule has 1 amide bonds. The molecular formula is C15H23NO5. The number of aliphatic hydroxyl groups excluding tert-OH is 1. The summed E-state index contributed by atoms with van der Waals surface area (Å²) in [5, 5.41) is 11.8. The molecule has 1 unspecified atom stereocenters. The second-order valence-electron chi connectivity index (χ2n) is 4.44. The van der Waals surface area contributed by atoms with E-state index in [2.05, 4.69) is 5.32 Å². The molecule has 6 nitrogen and oxygen atoms in total. The highest BCUT2D eigenvalue weighted by Gasteiger charge is 2.15. The molecule has 0 aliphatic rings. The van der Waals surface area contributed by atoms with E-state index in [1.54, 1.807) is 25.3 Å². The Morgan fingerprint density at radius 3 is 2.67 bits per heavy atom. The Morgan fingerprint density at radius 2 is 2.10 bits per heavy atom. The lowest BCUT2D eigenvalue weighted by molar-refractivity contribution is 0.0878. The standard InChI is InChI=1S/C15H23NO5/c1-4-21-13-6-5-11(9-14(13)20-3)15(18)16-12(7-8-17)10-19-2/h5-6,9,12,17H,4,7-8,10H2,1-3H3,(H,16,18). The molecule has 0 aliphatic carbocycles. The third-order valence-electron chi connectivity index (χ3n) is 2.91. The predicted octanol–water partition coefficient (Wildman–Crippen LogP) is 1.22. The first-order valence-corrected chi connectivity index (χ1v) is 6.87. The maximum Gasteiger partial charge on any atom is 0.251 e. The van der Waals surface area contributed by atoms with E-state index in [0.717, 1.165) is 0 Å². The number of amides is 1. The summed E-state index contributed by atoms with van der Waals surface area (Å²) >= 11 is 0. The van der Waals surface area contributed by atoms with Gasteiger partial charge in [0.1, 0.15) is 0 Å². The minimum Gasteiger partial charge on any atom is -0.493 e. The normalized spacial score (nSPS) is 11.8. The van der Waals surface area contributed by atoms with Gasteiger partial charge in [0.25, 0.3) is 5.91 Å². The summed E-state index contributed by atoms with van der Waals surface area (Å²) in [6, 6.07) is 4.77. The highest BCUT2D eigenvalue weighted by molar-refractivity contribution is 5.95. The lowest BCUT2D eigenvalue weighted by Gasteiger charge is -2.17. The van der Waals surface area contributed by atoms with Crippen molar-refractivity contribution >= 4 is 5.91 Å². The van der Waals surface area contributed by atoms with E-state index in [-0.39, 0.29) is 18.6 Å². The van der Waals surface area contributed by atoms with Crippen LogP contribution in [0.25, 0.3) is 0 Å². The monoisotopic (exact) mass is 297 g/mol. The summed E-state index contributed by atoms with van der Waals surface area (Å²) in [7, 11) is 3.08.